The average Bonchev–Trinajstić information content (AvgIpc) is 2.53. The van der Waals surface area contributed by atoms with Crippen molar-refractivity contribution in [2.24, 2.45) is 0 Å². The molecular formula is C15H11ClN2O5S. The minimum atomic E-state index is -4.05. The van der Waals surface area contributed by atoms with Crippen molar-refractivity contribution in [3.05, 3.63) is 75.3 Å². The topological polar surface area (TPSA) is 106 Å². The first kappa shape index (κ1) is 17.6. The predicted octanol–water partition coefficient (Wildman–Crippen LogP) is 2.77. The van der Waals surface area contributed by atoms with Gasteiger partial charge in [0.1, 0.15) is 0 Å². The van der Waals surface area contributed by atoms with Crippen LogP contribution < -0.4 is 4.72 Å². The quantitative estimate of drug-likeness (QED) is 0.497. The lowest BCUT2D eigenvalue weighted by molar-refractivity contribution is -0.385. The summed E-state index contributed by atoms with van der Waals surface area (Å²) in [5.74, 6) is -0.928. The molecule has 2 aromatic rings. The van der Waals surface area contributed by atoms with Gasteiger partial charge in [-0.15, -0.1) is 0 Å². The maximum absolute atomic E-state index is 12.0. The molecule has 9 heteroatoms. The second kappa shape index (κ2) is 7.24. The summed E-state index contributed by atoms with van der Waals surface area (Å²) in [6.07, 6.45) is 2.08. The fourth-order valence-corrected chi connectivity index (χ4v) is 2.87. The normalized spacial score (nSPS) is 11.4. The number of rotatable bonds is 5. The largest absolute Gasteiger partial charge is 0.276 e. The van der Waals surface area contributed by atoms with Gasteiger partial charge >= 0.3 is 0 Å². The monoisotopic (exact) mass is 366 g/mol. The van der Waals surface area contributed by atoms with E-state index in [1.54, 1.807) is 6.07 Å². The Morgan fingerprint density at radius 1 is 1.12 bits per heavy atom. The Morgan fingerprint density at radius 3 is 2.38 bits per heavy atom. The van der Waals surface area contributed by atoms with E-state index in [0.717, 1.165) is 6.08 Å². The van der Waals surface area contributed by atoms with Crippen LogP contribution in [0.5, 0.6) is 0 Å². The Balaban J connectivity index is 2.16. The molecule has 0 aromatic heterocycles. The first-order valence-corrected chi connectivity index (χ1v) is 8.39. The van der Waals surface area contributed by atoms with E-state index in [1.165, 1.54) is 48.5 Å². The van der Waals surface area contributed by atoms with Crippen molar-refractivity contribution in [2.75, 3.05) is 0 Å². The Kier molecular flexibility index (Phi) is 5.32. The van der Waals surface area contributed by atoms with Crippen molar-refractivity contribution >= 4 is 39.3 Å². The molecule has 0 unspecified atom stereocenters. The molecule has 7 nitrogen and oxygen atoms in total. The van der Waals surface area contributed by atoms with Crippen LogP contribution in [0.3, 0.4) is 0 Å². The van der Waals surface area contributed by atoms with E-state index in [1.807, 2.05) is 4.72 Å². The van der Waals surface area contributed by atoms with Gasteiger partial charge in [0.2, 0.25) is 0 Å². The van der Waals surface area contributed by atoms with Gasteiger partial charge in [-0.3, -0.25) is 14.9 Å². The summed E-state index contributed by atoms with van der Waals surface area (Å²) in [7, 11) is -4.05. The van der Waals surface area contributed by atoms with Crippen LogP contribution >= 0.6 is 11.6 Å². The molecule has 0 aliphatic rings. The summed E-state index contributed by atoms with van der Waals surface area (Å²) in [5, 5.41) is 11.2. The van der Waals surface area contributed by atoms with Gasteiger partial charge in [-0.1, -0.05) is 23.7 Å². The maximum atomic E-state index is 12.0. The Hall–Kier alpha value is -2.71. The third-order valence-corrected chi connectivity index (χ3v) is 4.52. The first-order valence-electron chi connectivity index (χ1n) is 6.53. The van der Waals surface area contributed by atoms with Gasteiger partial charge < -0.3 is 0 Å². The number of para-hydroxylation sites is 1. The number of amides is 1. The third-order valence-electron chi connectivity index (χ3n) is 2.91. The second-order valence-electron chi connectivity index (χ2n) is 4.57. The zero-order valence-corrected chi connectivity index (χ0v) is 13.6. The van der Waals surface area contributed by atoms with Crippen LogP contribution in [0.2, 0.25) is 5.02 Å². The molecule has 1 N–H and O–H groups in total. The number of sulfonamides is 1. The van der Waals surface area contributed by atoms with Crippen LogP contribution in [0.4, 0.5) is 5.69 Å². The van der Waals surface area contributed by atoms with Crippen LogP contribution in [0.25, 0.3) is 6.08 Å². The first-order chi connectivity index (χ1) is 11.3. The second-order valence-corrected chi connectivity index (χ2v) is 6.69. The molecule has 2 rings (SSSR count). The number of nitro benzene ring substituents is 1. The van der Waals surface area contributed by atoms with E-state index in [-0.39, 0.29) is 16.1 Å². The summed E-state index contributed by atoms with van der Waals surface area (Å²) >= 11 is 5.68. The Labute approximate surface area is 142 Å². The lowest BCUT2D eigenvalue weighted by atomic mass is 10.1. The molecule has 0 fully saturated rings. The van der Waals surface area contributed by atoms with Crippen LogP contribution in [0, 0.1) is 10.1 Å². The summed E-state index contributed by atoms with van der Waals surface area (Å²) in [4.78, 5) is 21.9. The molecule has 0 saturated heterocycles. The number of carbonyl (C=O) groups is 1. The molecule has 0 aliphatic heterocycles. The lowest BCUT2D eigenvalue weighted by Crippen LogP contribution is -2.28. The molecule has 0 aliphatic carbocycles. The molecule has 0 spiro atoms. The number of hydrogen-bond donors (Lipinski definition) is 1. The van der Waals surface area contributed by atoms with Gasteiger partial charge in [-0.2, -0.15) is 0 Å². The van der Waals surface area contributed by atoms with Crippen molar-refractivity contribution < 1.29 is 18.1 Å². The van der Waals surface area contributed by atoms with Crippen LogP contribution in [0.1, 0.15) is 5.56 Å². The summed E-state index contributed by atoms with van der Waals surface area (Å²) in [5.41, 5.74) is -0.0105. The van der Waals surface area contributed by atoms with Gasteiger partial charge in [-0.05, 0) is 36.4 Å². The number of nitrogens with zero attached hydrogens (tertiary/aromatic N) is 1. The van der Waals surface area contributed by atoms with Crippen molar-refractivity contribution in [3.63, 3.8) is 0 Å². The lowest BCUT2D eigenvalue weighted by Gasteiger charge is -2.04. The number of nitrogens with one attached hydrogen (secondary N) is 1. The predicted molar refractivity (Wildman–Crippen MR) is 88.9 cm³/mol. The smallest absolute Gasteiger partial charge is 0.269 e. The number of carbonyl (C=O) groups excluding carboxylic acids is 1. The fraction of sp³-hybridized carbons (Fsp3) is 0. The molecule has 0 bridgehead atoms. The van der Waals surface area contributed by atoms with E-state index in [2.05, 4.69) is 0 Å². The Bertz CT molecular complexity index is 908. The van der Waals surface area contributed by atoms with Crippen LogP contribution in [-0.2, 0) is 14.8 Å². The van der Waals surface area contributed by atoms with E-state index < -0.39 is 20.9 Å². The zero-order valence-electron chi connectivity index (χ0n) is 12.0. The van der Waals surface area contributed by atoms with Crippen LogP contribution in [0.15, 0.2) is 59.5 Å². The number of halogens is 1. The highest BCUT2D eigenvalue weighted by molar-refractivity contribution is 7.90. The van der Waals surface area contributed by atoms with Crippen LogP contribution in [-0.4, -0.2) is 19.2 Å². The van der Waals surface area contributed by atoms with Gasteiger partial charge in [-0.25, -0.2) is 13.1 Å². The highest BCUT2D eigenvalue weighted by atomic mass is 35.5. The highest BCUT2D eigenvalue weighted by Crippen LogP contribution is 2.19. The number of nitro groups is 1. The van der Waals surface area contributed by atoms with E-state index >= 15 is 0 Å². The molecule has 24 heavy (non-hydrogen) atoms. The molecule has 0 radical (unpaired) electrons. The third kappa shape index (κ3) is 4.40. The van der Waals surface area contributed by atoms with Gasteiger partial charge in [0.25, 0.3) is 21.6 Å². The van der Waals surface area contributed by atoms with E-state index in [9.17, 15) is 23.3 Å². The molecule has 0 atom stereocenters. The van der Waals surface area contributed by atoms with E-state index in [4.69, 9.17) is 11.6 Å². The van der Waals surface area contributed by atoms with E-state index in [0.29, 0.717) is 5.02 Å². The SMILES string of the molecule is O=C(/C=C/c1ccccc1[N+](=O)[O-])NS(=O)(=O)c1ccc(Cl)cc1. The Morgan fingerprint density at radius 2 is 1.75 bits per heavy atom. The summed E-state index contributed by atoms with van der Waals surface area (Å²) < 4.78 is 25.9. The van der Waals surface area contributed by atoms with Crippen molar-refractivity contribution in [3.8, 4) is 0 Å². The molecular weight excluding hydrogens is 356 g/mol. The number of benzene rings is 2. The molecule has 2 aromatic carbocycles. The molecule has 0 saturated carbocycles. The highest BCUT2D eigenvalue weighted by Gasteiger charge is 2.16. The maximum Gasteiger partial charge on any atom is 0.276 e. The van der Waals surface area contributed by atoms with Crippen molar-refractivity contribution in [2.45, 2.75) is 4.90 Å². The summed E-state index contributed by atoms with van der Waals surface area (Å²) in [6.45, 7) is 0. The summed E-state index contributed by atoms with van der Waals surface area (Å²) in [6, 6.07) is 11.0. The van der Waals surface area contributed by atoms with Gasteiger partial charge in [0.05, 0.1) is 15.4 Å². The minimum Gasteiger partial charge on any atom is -0.269 e. The van der Waals surface area contributed by atoms with Crippen molar-refractivity contribution in [1.82, 2.24) is 4.72 Å². The van der Waals surface area contributed by atoms with Gasteiger partial charge in [0.15, 0.2) is 0 Å². The standard InChI is InChI=1S/C15H11ClN2O5S/c16-12-6-8-13(9-7-12)24(22,23)17-15(19)10-5-11-3-1-2-4-14(11)18(20)21/h1-10H,(H,17,19)/b10-5+. The molecule has 1 amide bonds. The van der Waals surface area contributed by atoms with Crippen molar-refractivity contribution in [1.29, 1.82) is 0 Å². The van der Waals surface area contributed by atoms with Gasteiger partial charge in [0, 0.05) is 17.2 Å². The molecule has 124 valence electrons. The average molecular weight is 367 g/mol. The zero-order chi connectivity index (χ0) is 17.7. The minimum absolute atomic E-state index is 0.126. The molecule has 0 heterocycles. The fourth-order valence-electron chi connectivity index (χ4n) is 1.80. The number of hydrogen-bond acceptors (Lipinski definition) is 5.